The third kappa shape index (κ3) is 3.28. The molecule has 0 spiro atoms. The lowest BCUT2D eigenvalue weighted by molar-refractivity contribution is 0.0952. The lowest BCUT2D eigenvalue weighted by Gasteiger charge is -2.07. The van der Waals surface area contributed by atoms with Gasteiger partial charge in [-0.05, 0) is 35.9 Å². The van der Waals surface area contributed by atoms with Crippen molar-refractivity contribution < 1.29 is 9.53 Å². The first-order valence-electron chi connectivity index (χ1n) is 7.75. The van der Waals surface area contributed by atoms with Gasteiger partial charge in [0.1, 0.15) is 5.75 Å². The molecule has 0 unspecified atom stereocenters. The summed E-state index contributed by atoms with van der Waals surface area (Å²) in [7, 11) is 4.94. The first-order chi connectivity index (χ1) is 12.4. The summed E-state index contributed by atoms with van der Waals surface area (Å²) >= 11 is 3.33. The van der Waals surface area contributed by atoms with Crippen LogP contribution < -0.4 is 15.9 Å². The number of amides is 1. The smallest absolute Gasteiger partial charge is 0.328 e. The molecule has 8 heteroatoms. The maximum absolute atomic E-state index is 12.3. The summed E-state index contributed by atoms with van der Waals surface area (Å²) in [6.07, 6.45) is 1.53. The van der Waals surface area contributed by atoms with E-state index in [9.17, 15) is 9.59 Å². The molecule has 26 heavy (non-hydrogen) atoms. The van der Waals surface area contributed by atoms with Crippen molar-refractivity contribution >= 4 is 39.1 Å². The summed E-state index contributed by atoms with van der Waals surface area (Å²) in [5.74, 6) is 0.0780. The molecule has 3 aromatic rings. The van der Waals surface area contributed by atoms with Crippen LogP contribution in [0.5, 0.6) is 5.75 Å². The zero-order valence-electron chi connectivity index (χ0n) is 14.5. The Morgan fingerprint density at radius 1 is 1.15 bits per heavy atom. The predicted molar refractivity (Wildman–Crippen MR) is 104 cm³/mol. The van der Waals surface area contributed by atoms with E-state index in [2.05, 4.69) is 26.5 Å². The van der Waals surface area contributed by atoms with Gasteiger partial charge in [0.25, 0.3) is 5.91 Å². The predicted octanol–water partition coefficient (Wildman–Crippen LogP) is 2.41. The lowest BCUT2D eigenvalue weighted by atomic mass is 10.2. The van der Waals surface area contributed by atoms with Gasteiger partial charge in [0.05, 0.1) is 29.9 Å². The van der Waals surface area contributed by atoms with Crippen molar-refractivity contribution in [2.75, 3.05) is 7.11 Å². The molecule has 0 saturated heterocycles. The van der Waals surface area contributed by atoms with Gasteiger partial charge in [0.2, 0.25) is 0 Å². The fraction of sp³-hybridized carbons (Fsp3) is 0.167. The number of benzene rings is 2. The Balaban J connectivity index is 1.82. The summed E-state index contributed by atoms with van der Waals surface area (Å²) in [4.78, 5) is 24.3. The molecule has 7 nitrogen and oxygen atoms in total. The van der Waals surface area contributed by atoms with Crippen molar-refractivity contribution in [3.8, 4) is 5.75 Å². The monoisotopic (exact) mass is 416 g/mol. The summed E-state index contributed by atoms with van der Waals surface area (Å²) in [6.45, 7) is 0. The SMILES string of the molecule is COc1ccc(Br)cc1C(=O)N/N=C\c1ccc2c(c1)n(C)c(=O)n2C. The molecule has 1 N–H and O–H groups in total. The molecule has 1 aromatic heterocycles. The highest BCUT2D eigenvalue weighted by Crippen LogP contribution is 2.22. The van der Waals surface area contributed by atoms with Crippen molar-refractivity contribution in [2.45, 2.75) is 0 Å². The number of imidazole rings is 1. The van der Waals surface area contributed by atoms with Gasteiger partial charge in [0.15, 0.2) is 0 Å². The van der Waals surface area contributed by atoms with E-state index in [-0.39, 0.29) is 11.6 Å². The second-order valence-corrected chi connectivity index (χ2v) is 6.61. The second kappa shape index (κ2) is 7.17. The number of ether oxygens (including phenoxy) is 1. The van der Waals surface area contributed by atoms with Crippen LogP contribution in [0.15, 0.2) is 50.8 Å². The Bertz CT molecular complexity index is 1080. The van der Waals surface area contributed by atoms with Gasteiger partial charge in [-0.2, -0.15) is 5.10 Å². The number of aromatic nitrogens is 2. The topological polar surface area (TPSA) is 77.6 Å². The highest BCUT2D eigenvalue weighted by molar-refractivity contribution is 9.10. The van der Waals surface area contributed by atoms with Gasteiger partial charge in [-0.15, -0.1) is 0 Å². The van der Waals surface area contributed by atoms with E-state index in [1.807, 2.05) is 18.2 Å². The van der Waals surface area contributed by atoms with Crippen LogP contribution in [0.25, 0.3) is 11.0 Å². The first kappa shape index (κ1) is 17.9. The summed E-state index contributed by atoms with van der Waals surface area (Å²) in [6, 6.07) is 10.7. The fourth-order valence-electron chi connectivity index (χ4n) is 2.69. The van der Waals surface area contributed by atoms with Gasteiger partial charge < -0.3 is 4.74 Å². The summed E-state index contributed by atoms with van der Waals surface area (Å²) in [5.41, 5.74) is 5.15. The Morgan fingerprint density at radius 3 is 2.62 bits per heavy atom. The number of hydrazone groups is 1. The van der Waals surface area contributed by atoms with Crippen molar-refractivity contribution in [3.63, 3.8) is 0 Å². The van der Waals surface area contributed by atoms with E-state index in [0.29, 0.717) is 11.3 Å². The maximum Gasteiger partial charge on any atom is 0.328 e. The largest absolute Gasteiger partial charge is 0.496 e. The summed E-state index contributed by atoms with van der Waals surface area (Å²) < 4.78 is 9.11. The number of nitrogens with one attached hydrogen (secondary N) is 1. The normalized spacial score (nSPS) is 11.2. The molecular formula is C18H17BrN4O3. The van der Waals surface area contributed by atoms with E-state index in [0.717, 1.165) is 21.1 Å². The van der Waals surface area contributed by atoms with Crippen LogP contribution >= 0.6 is 15.9 Å². The quantitative estimate of drug-likeness (QED) is 0.523. The molecule has 0 bridgehead atoms. The maximum atomic E-state index is 12.3. The third-order valence-corrected chi connectivity index (χ3v) is 4.58. The molecule has 3 rings (SSSR count). The van der Waals surface area contributed by atoms with Crippen LogP contribution in [-0.4, -0.2) is 28.4 Å². The summed E-state index contributed by atoms with van der Waals surface area (Å²) in [5, 5.41) is 4.00. The third-order valence-electron chi connectivity index (χ3n) is 4.08. The number of hydrogen-bond acceptors (Lipinski definition) is 4. The zero-order chi connectivity index (χ0) is 18.8. The first-order valence-corrected chi connectivity index (χ1v) is 8.54. The average Bonchev–Trinajstić information content (AvgIpc) is 2.85. The number of carbonyl (C=O) groups is 1. The number of halogens is 1. The molecule has 0 fully saturated rings. The highest BCUT2D eigenvalue weighted by Gasteiger charge is 2.12. The van der Waals surface area contributed by atoms with Crippen molar-refractivity contribution in [1.82, 2.24) is 14.6 Å². The molecular weight excluding hydrogens is 400 g/mol. The van der Waals surface area contributed by atoms with Crippen molar-refractivity contribution in [2.24, 2.45) is 19.2 Å². The molecule has 1 amide bonds. The van der Waals surface area contributed by atoms with Crippen molar-refractivity contribution in [3.05, 3.63) is 62.5 Å². The number of carbonyl (C=O) groups excluding carboxylic acids is 1. The minimum atomic E-state index is -0.382. The number of rotatable bonds is 4. The molecule has 0 saturated carbocycles. The van der Waals surface area contributed by atoms with Crippen LogP contribution in [0, 0.1) is 0 Å². The molecule has 0 radical (unpaired) electrons. The van der Waals surface area contributed by atoms with Crippen LogP contribution in [0.1, 0.15) is 15.9 Å². The number of aryl methyl sites for hydroxylation is 2. The fourth-order valence-corrected chi connectivity index (χ4v) is 3.05. The second-order valence-electron chi connectivity index (χ2n) is 5.69. The van der Waals surface area contributed by atoms with Crippen LogP contribution in [-0.2, 0) is 14.1 Å². The Morgan fingerprint density at radius 2 is 1.88 bits per heavy atom. The van der Waals surface area contributed by atoms with E-state index in [1.165, 1.54) is 13.3 Å². The Hall–Kier alpha value is -2.87. The van der Waals surface area contributed by atoms with Gasteiger partial charge >= 0.3 is 5.69 Å². The minimum Gasteiger partial charge on any atom is -0.496 e. The zero-order valence-corrected chi connectivity index (χ0v) is 16.1. The molecule has 1 heterocycles. The molecule has 0 aliphatic rings. The standard InChI is InChI=1S/C18H17BrN4O3/c1-22-14-6-4-11(8-15(14)23(2)18(22)25)10-20-21-17(24)13-9-12(19)5-7-16(13)26-3/h4-10H,1-3H3,(H,21,24)/b20-10-. The van der Waals surface area contributed by atoms with Gasteiger partial charge in [-0.1, -0.05) is 22.0 Å². The van der Waals surface area contributed by atoms with Crippen LogP contribution in [0.3, 0.4) is 0 Å². The minimum absolute atomic E-state index is 0.0934. The number of fused-ring (bicyclic) bond motifs is 1. The number of methoxy groups -OCH3 is 1. The molecule has 134 valence electrons. The Labute approximate surface area is 158 Å². The van der Waals surface area contributed by atoms with Gasteiger partial charge in [0, 0.05) is 18.6 Å². The molecule has 2 aromatic carbocycles. The van der Waals surface area contributed by atoms with E-state index >= 15 is 0 Å². The molecule has 0 aliphatic heterocycles. The Kier molecular flexibility index (Phi) is 4.94. The van der Waals surface area contributed by atoms with E-state index in [4.69, 9.17) is 4.74 Å². The van der Waals surface area contributed by atoms with Gasteiger partial charge in [-0.3, -0.25) is 13.9 Å². The number of nitrogens with zero attached hydrogens (tertiary/aromatic N) is 3. The molecule has 0 atom stereocenters. The van der Waals surface area contributed by atoms with Gasteiger partial charge in [-0.25, -0.2) is 10.2 Å². The number of hydrogen-bond donors (Lipinski definition) is 1. The average molecular weight is 417 g/mol. The van der Waals surface area contributed by atoms with Crippen molar-refractivity contribution in [1.29, 1.82) is 0 Å². The van der Waals surface area contributed by atoms with E-state index in [1.54, 1.807) is 41.4 Å². The van der Waals surface area contributed by atoms with Crippen LogP contribution in [0.2, 0.25) is 0 Å². The molecule has 0 aliphatic carbocycles. The highest BCUT2D eigenvalue weighted by atomic mass is 79.9. The van der Waals surface area contributed by atoms with E-state index < -0.39 is 0 Å². The van der Waals surface area contributed by atoms with Crippen LogP contribution in [0.4, 0.5) is 0 Å². The lowest BCUT2D eigenvalue weighted by Crippen LogP contribution is -2.19.